The average molecular weight is 258 g/mol. The molecule has 1 atom stereocenters. The third-order valence-electron chi connectivity index (χ3n) is 3.93. The quantitative estimate of drug-likeness (QED) is 0.832. The molecule has 1 unspecified atom stereocenters. The van der Waals surface area contributed by atoms with Gasteiger partial charge < -0.3 is 4.74 Å². The Morgan fingerprint density at radius 2 is 1.79 bits per heavy atom. The summed E-state index contributed by atoms with van der Waals surface area (Å²) in [6.07, 6.45) is 1.83. The van der Waals surface area contributed by atoms with Crippen molar-refractivity contribution in [2.45, 2.75) is 32.2 Å². The van der Waals surface area contributed by atoms with Crippen LogP contribution in [0.5, 0.6) is 0 Å². The zero-order valence-electron chi connectivity index (χ0n) is 11.9. The fourth-order valence-electron chi connectivity index (χ4n) is 2.57. The molecule has 1 aromatic rings. The summed E-state index contributed by atoms with van der Waals surface area (Å²) in [5.74, 6) is 0. The molecule has 2 rings (SSSR count). The summed E-state index contributed by atoms with van der Waals surface area (Å²) in [4.78, 5) is 2.24. The van der Waals surface area contributed by atoms with Crippen LogP contribution in [0.15, 0.2) is 24.3 Å². The highest BCUT2D eigenvalue weighted by Crippen LogP contribution is 2.22. The Kier molecular flexibility index (Phi) is 4.57. The highest BCUT2D eigenvalue weighted by atomic mass is 16.5. The van der Waals surface area contributed by atoms with Crippen LogP contribution in [0.3, 0.4) is 0 Å². The number of morpholine rings is 1. The third kappa shape index (κ3) is 3.34. The number of nitriles is 1. The fraction of sp³-hybridized carbons (Fsp3) is 0.562. The van der Waals surface area contributed by atoms with Gasteiger partial charge in [0.15, 0.2) is 0 Å². The number of hydrogen-bond acceptors (Lipinski definition) is 3. The molecule has 1 fully saturated rings. The van der Waals surface area contributed by atoms with Gasteiger partial charge >= 0.3 is 0 Å². The topological polar surface area (TPSA) is 36.3 Å². The molecule has 0 amide bonds. The van der Waals surface area contributed by atoms with Crippen LogP contribution in [0.2, 0.25) is 0 Å². The molecule has 0 bridgehead atoms. The van der Waals surface area contributed by atoms with E-state index in [1.165, 1.54) is 11.1 Å². The number of aryl methyl sites for hydroxylation is 1. The molecule has 0 N–H and O–H groups in total. The van der Waals surface area contributed by atoms with Crippen LogP contribution in [0.25, 0.3) is 0 Å². The summed E-state index contributed by atoms with van der Waals surface area (Å²) in [5, 5.41) is 9.57. The highest BCUT2D eigenvalue weighted by molar-refractivity contribution is 5.26. The first-order chi connectivity index (χ1) is 9.18. The Balaban J connectivity index is 2.10. The molecule has 19 heavy (non-hydrogen) atoms. The van der Waals surface area contributed by atoms with E-state index in [4.69, 9.17) is 4.74 Å². The van der Waals surface area contributed by atoms with Crippen molar-refractivity contribution < 1.29 is 4.74 Å². The maximum Gasteiger partial charge on any atom is 0.110 e. The van der Waals surface area contributed by atoms with Crippen molar-refractivity contribution in [2.24, 2.45) is 0 Å². The second-order valence-electron chi connectivity index (χ2n) is 5.33. The Hall–Kier alpha value is -1.37. The fourth-order valence-corrected chi connectivity index (χ4v) is 2.57. The molecule has 102 valence electrons. The molecule has 1 saturated heterocycles. The van der Waals surface area contributed by atoms with E-state index in [2.05, 4.69) is 42.2 Å². The molecule has 1 aliphatic heterocycles. The van der Waals surface area contributed by atoms with Crippen molar-refractivity contribution in [1.29, 1.82) is 5.26 Å². The first-order valence-corrected chi connectivity index (χ1v) is 7.00. The molecular weight excluding hydrogens is 236 g/mol. The summed E-state index contributed by atoms with van der Waals surface area (Å²) in [5.41, 5.74) is 2.14. The Bertz CT molecular complexity index is 443. The number of hydrogen-bond donors (Lipinski definition) is 0. The number of rotatable bonds is 4. The normalized spacial score (nSPS) is 19.6. The lowest BCUT2D eigenvalue weighted by Crippen LogP contribution is -2.52. The zero-order valence-corrected chi connectivity index (χ0v) is 11.9. The monoisotopic (exact) mass is 258 g/mol. The minimum absolute atomic E-state index is 0.433. The smallest absolute Gasteiger partial charge is 0.110 e. The van der Waals surface area contributed by atoms with E-state index in [0.717, 1.165) is 39.1 Å². The van der Waals surface area contributed by atoms with Crippen molar-refractivity contribution in [2.75, 3.05) is 26.3 Å². The van der Waals surface area contributed by atoms with Crippen LogP contribution < -0.4 is 0 Å². The highest BCUT2D eigenvalue weighted by Gasteiger charge is 2.33. The lowest BCUT2D eigenvalue weighted by atomic mass is 9.91. The molecule has 1 aromatic carbocycles. The largest absolute Gasteiger partial charge is 0.379 e. The molecular formula is C16H22N2O. The Morgan fingerprint density at radius 1 is 1.21 bits per heavy atom. The van der Waals surface area contributed by atoms with Gasteiger partial charge in [-0.05, 0) is 24.5 Å². The third-order valence-corrected chi connectivity index (χ3v) is 3.93. The van der Waals surface area contributed by atoms with Gasteiger partial charge in [-0.2, -0.15) is 5.26 Å². The van der Waals surface area contributed by atoms with Gasteiger partial charge in [0.05, 0.1) is 19.3 Å². The van der Waals surface area contributed by atoms with E-state index in [1.54, 1.807) is 0 Å². The molecule has 0 saturated carbocycles. The Morgan fingerprint density at radius 3 is 2.32 bits per heavy atom. The maximum absolute atomic E-state index is 9.57. The molecule has 0 aromatic heterocycles. The second-order valence-corrected chi connectivity index (χ2v) is 5.33. The molecule has 1 heterocycles. The van der Waals surface area contributed by atoms with E-state index in [0.29, 0.717) is 0 Å². The van der Waals surface area contributed by atoms with Gasteiger partial charge in [-0.15, -0.1) is 0 Å². The first-order valence-electron chi connectivity index (χ1n) is 7.00. The van der Waals surface area contributed by atoms with Crippen LogP contribution in [0, 0.1) is 11.3 Å². The summed E-state index contributed by atoms with van der Waals surface area (Å²) < 4.78 is 5.37. The van der Waals surface area contributed by atoms with Gasteiger partial charge in [-0.25, -0.2) is 0 Å². The first kappa shape index (κ1) is 14.0. The van der Waals surface area contributed by atoms with Crippen LogP contribution >= 0.6 is 0 Å². The van der Waals surface area contributed by atoms with Crippen molar-refractivity contribution in [3.63, 3.8) is 0 Å². The Labute approximate surface area is 115 Å². The lowest BCUT2D eigenvalue weighted by molar-refractivity contribution is 0.00189. The van der Waals surface area contributed by atoms with Gasteiger partial charge in [0.25, 0.3) is 0 Å². The summed E-state index contributed by atoms with van der Waals surface area (Å²) >= 11 is 0. The van der Waals surface area contributed by atoms with E-state index < -0.39 is 5.54 Å². The molecule has 0 aliphatic carbocycles. The number of ether oxygens (including phenoxy) is 1. The van der Waals surface area contributed by atoms with Crippen molar-refractivity contribution in [1.82, 2.24) is 4.90 Å². The van der Waals surface area contributed by atoms with Gasteiger partial charge in [-0.3, -0.25) is 4.90 Å². The number of nitrogens with zero attached hydrogens (tertiary/aromatic N) is 2. The van der Waals surface area contributed by atoms with Gasteiger partial charge in [0.1, 0.15) is 5.54 Å². The minimum atomic E-state index is -0.433. The molecule has 0 spiro atoms. The van der Waals surface area contributed by atoms with Crippen LogP contribution in [0.4, 0.5) is 0 Å². The van der Waals surface area contributed by atoms with E-state index in [1.807, 2.05) is 6.92 Å². The van der Waals surface area contributed by atoms with Crippen molar-refractivity contribution in [3.05, 3.63) is 35.4 Å². The molecule has 3 nitrogen and oxygen atoms in total. The van der Waals surface area contributed by atoms with Gasteiger partial charge in [0, 0.05) is 19.5 Å². The van der Waals surface area contributed by atoms with Crippen molar-refractivity contribution in [3.8, 4) is 6.07 Å². The standard InChI is InChI=1S/C16H22N2O/c1-3-14-4-6-15(7-5-14)12-16(2,13-17)18-8-10-19-11-9-18/h4-7H,3,8-12H2,1-2H3. The molecule has 0 radical (unpaired) electrons. The maximum atomic E-state index is 9.57. The number of benzene rings is 1. The summed E-state index contributed by atoms with van der Waals surface area (Å²) in [6, 6.07) is 11.1. The van der Waals surface area contributed by atoms with E-state index >= 15 is 0 Å². The minimum Gasteiger partial charge on any atom is -0.379 e. The lowest BCUT2D eigenvalue weighted by Gasteiger charge is -2.38. The predicted octanol–water partition coefficient (Wildman–Crippen LogP) is 2.41. The molecule has 3 heteroatoms. The molecule has 1 aliphatic rings. The van der Waals surface area contributed by atoms with Crippen LogP contribution in [-0.2, 0) is 17.6 Å². The van der Waals surface area contributed by atoms with E-state index in [-0.39, 0.29) is 0 Å². The summed E-state index contributed by atoms with van der Waals surface area (Å²) in [6.45, 7) is 7.33. The SMILES string of the molecule is CCc1ccc(CC(C)(C#N)N2CCOCC2)cc1. The average Bonchev–Trinajstić information content (AvgIpc) is 2.49. The zero-order chi connectivity index (χ0) is 13.7. The van der Waals surface area contributed by atoms with Crippen molar-refractivity contribution >= 4 is 0 Å². The van der Waals surface area contributed by atoms with Crippen LogP contribution in [0.1, 0.15) is 25.0 Å². The van der Waals surface area contributed by atoms with Gasteiger partial charge in [0.2, 0.25) is 0 Å². The predicted molar refractivity (Wildman–Crippen MR) is 75.9 cm³/mol. The second kappa shape index (κ2) is 6.18. The summed E-state index contributed by atoms with van der Waals surface area (Å²) in [7, 11) is 0. The van der Waals surface area contributed by atoms with Crippen LogP contribution in [-0.4, -0.2) is 36.7 Å². The van der Waals surface area contributed by atoms with Gasteiger partial charge in [-0.1, -0.05) is 31.2 Å². The van der Waals surface area contributed by atoms with E-state index in [9.17, 15) is 5.26 Å².